The number of rotatable bonds is 4. The zero-order valence-corrected chi connectivity index (χ0v) is 15.7. The molecule has 0 saturated heterocycles. The van der Waals surface area contributed by atoms with Crippen LogP contribution in [0.2, 0.25) is 0 Å². The molecule has 1 N–H and O–H groups in total. The molecule has 2 aliphatic carbocycles. The highest BCUT2D eigenvalue weighted by atomic mass is 16.5. The van der Waals surface area contributed by atoms with Gasteiger partial charge in [-0.15, -0.1) is 0 Å². The minimum Gasteiger partial charge on any atom is -0.376 e. The molecule has 0 aromatic carbocycles. The molecule has 0 spiro atoms. The highest BCUT2D eigenvalue weighted by Gasteiger charge is 2.13. The Kier molecular flexibility index (Phi) is 27.3. The van der Waals surface area contributed by atoms with Gasteiger partial charge in [-0.05, 0) is 39.5 Å². The molecule has 0 aliphatic heterocycles. The third-order valence-electron chi connectivity index (χ3n) is 4.69. The molecule has 2 fully saturated rings. The second-order valence-corrected chi connectivity index (χ2v) is 7.81. The van der Waals surface area contributed by atoms with Gasteiger partial charge in [0.25, 0.3) is 0 Å². The van der Waals surface area contributed by atoms with Crippen LogP contribution in [-0.2, 0) is 4.74 Å². The zero-order valence-electron chi connectivity index (χ0n) is 15.7. The Morgan fingerprint density at radius 1 is 0.615 bits per heavy atom. The summed E-state index contributed by atoms with van der Waals surface area (Å²) in [5, 5.41) is 3.62. The summed E-state index contributed by atoms with van der Waals surface area (Å²) in [4.78, 5) is 0. The summed E-state index contributed by atoms with van der Waals surface area (Å²) in [5.41, 5.74) is 0. The first-order valence-corrected chi connectivity index (χ1v) is 9.99. The largest absolute Gasteiger partial charge is 0.376 e. The fourth-order valence-corrected chi connectivity index (χ4v) is 3.68. The summed E-state index contributed by atoms with van der Waals surface area (Å²) in [5.74, 6) is 0. The van der Waals surface area contributed by atoms with Crippen molar-refractivity contribution in [2.45, 2.75) is 159 Å². The van der Waals surface area contributed by atoms with E-state index in [1.165, 1.54) is 77.0 Å². The lowest BCUT2D eigenvalue weighted by Gasteiger charge is -2.18. The molecule has 0 radical (unpaired) electrons. The molecular weight excluding hydrogens is 318 g/mol. The van der Waals surface area contributed by atoms with E-state index >= 15 is 0 Å². The molecule has 0 amide bonds. The third-order valence-corrected chi connectivity index (χ3v) is 4.69. The molecule has 0 unspecified atom stereocenters. The quantitative estimate of drug-likeness (QED) is 0.498. The summed E-state index contributed by atoms with van der Waals surface area (Å²) in [6, 6.07) is 1.48. The van der Waals surface area contributed by atoms with Gasteiger partial charge >= 0.3 is 0 Å². The second-order valence-electron chi connectivity index (χ2n) is 7.81. The minimum atomic E-state index is 0. The second kappa shape index (κ2) is 21.2. The van der Waals surface area contributed by atoms with Crippen molar-refractivity contribution in [3.63, 3.8) is 0 Å². The monoisotopic (exact) mass is 375 g/mol. The molecule has 0 aromatic rings. The van der Waals surface area contributed by atoms with Gasteiger partial charge < -0.3 is 10.1 Å². The molecule has 0 heterocycles. The Balaban J connectivity index is -0.000000161. The predicted molar refractivity (Wildman–Crippen MR) is 124 cm³/mol. The van der Waals surface area contributed by atoms with Gasteiger partial charge in [0.2, 0.25) is 0 Å². The molecule has 26 heavy (non-hydrogen) atoms. The van der Waals surface area contributed by atoms with E-state index < -0.39 is 0 Å². The summed E-state index contributed by atoms with van der Waals surface area (Å²) in [6.45, 7) is 8.74. The molecule has 164 valence electrons. The van der Waals surface area contributed by atoms with Crippen molar-refractivity contribution >= 4 is 0 Å². The van der Waals surface area contributed by atoms with Crippen LogP contribution in [0.1, 0.15) is 134 Å². The van der Waals surface area contributed by atoms with Gasteiger partial charge in [-0.2, -0.15) is 0 Å². The van der Waals surface area contributed by atoms with Gasteiger partial charge in [-0.1, -0.05) is 94.9 Å². The van der Waals surface area contributed by atoms with Crippen molar-refractivity contribution in [3.05, 3.63) is 0 Å². The van der Waals surface area contributed by atoms with Gasteiger partial charge in [0, 0.05) is 12.1 Å². The predicted octanol–water partition coefficient (Wildman–Crippen LogP) is 8.39. The Bertz CT molecular complexity index is 211. The molecule has 2 rings (SSSR count). The summed E-state index contributed by atoms with van der Waals surface area (Å²) in [7, 11) is 0. The average molecular weight is 376 g/mol. The van der Waals surface area contributed by atoms with Crippen molar-refractivity contribution in [2.24, 2.45) is 0 Å². The highest BCUT2D eigenvalue weighted by Crippen LogP contribution is 2.20. The van der Waals surface area contributed by atoms with Crippen molar-refractivity contribution < 1.29 is 4.74 Å². The Morgan fingerprint density at radius 2 is 1.00 bits per heavy atom. The summed E-state index contributed by atoms with van der Waals surface area (Å²) in [6.07, 6.45) is 17.7. The Morgan fingerprint density at radius 3 is 1.35 bits per heavy atom. The van der Waals surface area contributed by atoms with Gasteiger partial charge in [0.15, 0.2) is 0 Å². The van der Waals surface area contributed by atoms with Crippen LogP contribution in [0.3, 0.4) is 0 Å². The first-order chi connectivity index (χ1) is 10.6. The van der Waals surface area contributed by atoms with Crippen LogP contribution in [0.4, 0.5) is 0 Å². The molecule has 0 bridgehead atoms. The van der Waals surface area contributed by atoms with E-state index in [1.54, 1.807) is 0 Å². The number of hydrogen-bond donors (Lipinski definition) is 1. The molecule has 2 saturated carbocycles. The number of nitrogens with one attached hydrogen (secondary N) is 1. The fourth-order valence-electron chi connectivity index (χ4n) is 3.68. The van der Waals surface area contributed by atoms with E-state index in [1.807, 2.05) is 0 Å². The molecule has 2 nitrogen and oxygen atoms in total. The number of hydrogen-bond acceptors (Lipinski definition) is 2. The smallest absolute Gasteiger partial charge is 0.0578 e. The highest BCUT2D eigenvalue weighted by molar-refractivity contribution is 4.72. The third kappa shape index (κ3) is 18.7. The van der Waals surface area contributed by atoms with Gasteiger partial charge in [0.05, 0.1) is 12.2 Å². The maximum atomic E-state index is 5.77. The molecule has 2 heteroatoms. The Labute approximate surface area is 169 Å². The van der Waals surface area contributed by atoms with Gasteiger partial charge in [-0.3, -0.25) is 0 Å². The maximum absolute atomic E-state index is 5.77. The molecule has 0 aromatic heterocycles. The van der Waals surface area contributed by atoms with Gasteiger partial charge in [0.1, 0.15) is 0 Å². The summed E-state index contributed by atoms with van der Waals surface area (Å²) >= 11 is 0. The van der Waals surface area contributed by atoms with Crippen LogP contribution >= 0.6 is 0 Å². The van der Waals surface area contributed by atoms with E-state index in [0.29, 0.717) is 18.2 Å². The van der Waals surface area contributed by atoms with Crippen LogP contribution in [0.5, 0.6) is 0 Å². The van der Waals surface area contributed by atoms with E-state index in [-0.39, 0.29) is 29.7 Å². The first kappa shape index (κ1) is 33.5. The maximum Gasteiger partial charge on any atom is 0.0578 e. The first-order valence-electron chi connectivity index (χ1n) is 9.99. The van der Waals surface area contributed by atoms with Crippen LogP contribution in [-0.4, -0.2) is 24.3 Å². The normalized spacial score (nSPS) is 18.7. The van der Waals surface area contributed by atoms with Crippen molar-refractivity contribution in [1.82, 2.24) is 5.32 Å². The van der Waals surface area contributed by atoms with Crippen molar-refractivity contribution in [1.29, 1.82) is 0 Å². The molecule has 0 atom stereocenters. The molecule has 2 aliphatic rings. The lowest BCUT2D eigenvalue weighted by atomic mass is 10.1. The number of ether oxygens (including phenoxy) is 1. The van der Waals surface area contributed by atoms with E-state index in [2.05, 4.69) is 33.0 Å². The standard InChI is InChI=1S/C10H21N.C10H20O.4CH4/c2*1-9(2)11-10-7-5-3-4-6-8-10;;;;/h9-11H,3-8H2,1-2H3;9-10H,3-8H2,1-2H3;4*1H4. The zero-order chi connectivity index (χ0) is 16.2. The van der Waals surface area contributed by atoms with Crippen LogP contribution < -0.4 is 5.32 Å². The SMILES string of the molecule is C.C.C.C.CC(C)NC1CCCCCC1.CC(C)OC1CCCCCC1. The fraction of sp³-hybridized carbons (Fsp3) is 1.00. The topological polar surface area (TPSA) is 21.3 Å². The van der Waals surface area contributed by atoms with Crippen LogP contribution in [0.15, 0.2) is 0 Å². The lowest BCUT2D eigenvalue weighted by Crippen LogP contribution is -2.34. The van der Waals surface area contributed by atoms with Crippen LogP contribution in [0, 0.1) is 0 Å². The summed E-state index contributed by atoms with van der Waals surface area (Å²) < 4.78 is 5.77. The minimum absolute atomic E-state index is 0. The lowest BCUT2D eigenvalue weighted by molar-refractivity contribution is 0.0000233. The Hall–Kier alpha value is -0.0800. The van der Waals surface area contributed by atoms with Crippen molar-refractivity contribution in [3.8, 4) is 0 Å². The van der Waals surface area contributed by atoms with Gasteiger partial charge in [-0.25, -0.2) is 0 Å². The van der Waals surface area contributed by atoms with E-state index in [0.717, 1.165) is 6.04 Å². The van der Waals surface area contributed by atoms with Crippen molar-refractivity contribution in [2.75, 3.05) is 0 Å². The van der Waals surface area contributed by atoms with E-state index in [4.69, 9.17) is 4.74 Å². The van der Waals surface area contributed by atoms with E-state index in [9.17, 15) is 0 Å². The van der Waals surface area contributed by atoms with Crippen LogP contribution in [0.25, 0.3) is 0 Å². The average Bonchev–Trinajstić information content (AvgIpc) is 2.83. The molecular formula is C24H57NO.